The highest BCUT2D eigenvalue weighted by atomic mass is 19.1. The molecule has 1 aromatic heterocycles. The monoisotopic (exact) mass is 416 g/mol. The van der Waals surface area contributed by atoms with Crippen molar-refractivity contribution in [2.45, 2.75) is 44.2 Å². The molecular formula is C21H22F2N4O3. The highest BCUT2D eigenvalue weighted by Crippen LogP contribution is 2.49. The molecule has 0 radical (unpaired) electrons. The van der Waals surface area contributed by atoms with Crippen molar-refractivity contribution in [3.05, 3.63) is 54.1 Å². The summed E-state index contributed by atoms with van der Waals surface area (Å²) in [4.78, 5) is 34.9. The fraction of sp³-hybridized carbons (Fsp3) is 0.429. The number of benzene rings is 1. The van der Waals surface area contributed by atoms with Gasteiger partial charge in [-0.05, 0) is 50.8 Å². The average molecular weight is 416 g/mol. The third-order valence-electron chi connectivity index (χ3n) is 5.86. The summed E-state index contributed by atoms with van der Waals surface area (Å²) in [5.74, 6) is -2.23. The maximum atomic E-state index is 13.7. The first kappa shape index (κ1) is 20.3. The van der Waals surface area contributed by atoms with Gasteiger partial charge in [-0.3, -0.25) is 9.59 Å². The lowest BCUT2D eigenvalue weighted by Crippen LogP contribution is -2.53. The van der Waals surface area contributed by atoms with Gasteiger partial charge in [-0.1, -0.05) is 0 Å². The maximum Gasteiger partial charge on any atom is 0.270 e. The Bertz CT molecular complexity index is 965. The minimum absolute atomic E-state index is 0.154. The van der Waals surface area contributed by atoms with Crippen LogP contribution >= 0.6 is 0 Å². The summed E-state index contributed by atoms with van der Waals surface area (Å²) in [5, 5.41) is 13.7. The second-order valence-electron chi connectivity index (χ2n) is 8.46. The Balaban J connectivity index is 1.57. The molecule has 4 rings (SSSR count). The first-order valence-electron chi connectivity index (χ1n) is 9.75. The number of amides is 2. The number of hydrogen-bond acceptors (Lipinski definition) is 5. The second-order valence-corrected chi connectivity index (χ2v) is 8.46. The zero-order valence-electron chi connectivity index (χ0n) is 16.4. The normalized spacial score (nSPS) is 28.7. The number of halogens is 2. The van der Waals surface area contributed by atoms with Gasteiger partial charge in [-0.2, -0.15) is 0 Å². The van der Waals surface area contributed by atoms with Gasteiger partial charge in [0.2, 0.25) is 5.91 Å². The Morgan fingerprint density at radius 3 is 2.67 bits per heavy atom. The maximum absolute atomic E-state index is 13.7. The van der Waals surface area contributed by atoms with Crippen LogP contribution in [0.4, 0.5) is 14.5 Å². The average Bonchev–Trinajstić information content (AvgIpc) is 2.95. The van der Waals surface area contributed by atoms with Crippen LogP contribution in [0.1, 0.15) is 43.1 Å². The molecule has 2 heterocycles. The van der Waals surface area contributed by atoms with Crippen molar-refractivity contribution in [3.63, 3.8) is 0 Å². The summed E-state index contributed by atoms with van der Waals surface area (Å²) in [5.41, 5.74) is -1.76. The van der Waals surface area contributed by atoms with Gasteiger partial charge >= 0.3 is 0 Å². The number of aliphatic hydroxyl groups is 1. The molecular weight excluding hydrogens is 394 g/mol. The molecule has 0 bridgehead atoms. The lowest BCUT2D eigenvalue weighted by atomic mass is 9.65. The number of hydrogen-bond donors (Lipinski definition) is 2. The Morgan fingerprint density at radius 2 is 2.00 bits per heavy atom. The molecule has 2 aromatic rings. The molecule has 1 aliphatic heterocycles. The Morgan fingerprint density at radius 1 is 1.27 bits per heavy atom. The fourth-order valence-corrected chi connectivity index (χ4v) is 4.85. The topological polar surface area (TPSA) is 95.4 Å². The van der Waals surface area contributed by atoms with Gasteiger partial charge in [0.15, 0.2) is 0 Å². The first-order valence-corrected chi connectivity index (χ1v) is 9.75. The van der Waals surface area contributed by atoms with Crippen LogP contribution in [0.5, 0.6) is 0 Å². The molecule has 30 heavy (non-hydrogen) atoms. The number of nitrogens with one attached hydrogen (secondary N) is 1. The Labute approximate surface area is 172 Å². The van der Waals surface area contributed by atoms with Gasteiger partial charge in [0.05, 0.1) is 11.0 Å². The van der Waals surface area contributed by atoms with Crippen LogP contribution in [-0.2, 0) is 4.79 Å². The van der Waals surface area contributed by atoms with Crippen LogP contribution in [0.2, 0.25) is 0 Å². The van der Waals surface area contributed by atoms with E-state index in [0.29, 0.717) is 12.8 Å². The van der Waals surface area contributed by atoms with E-state index in [2.05, 4.69) is 15.3 Å². The van der Waals surface area contributed by atoms with Gasteiger partial charge in [-0.25, -0.2) is 18.7 Å². The number of anilines is 1. The minimum atomic E-state index is -1.18. The minimum Gasteiger partial charge on any atom is -0.390 e. The predicted molar refractivity (Wildman–Crippen MR) is 104 cm³/mol. The van der Waals surface area contributed by atoms with E-state index in [1.807, 2.05) is 0 Å². The number of carbonyl (C=O) groups excluding carboxylic acids is 2. The van der Waals surface area contributed by atoms with E-state index in [-0.39, 0.29) is 36.7 Å². The summed E-state index contributed by atoms with van der Waals surface area (Å²) in [7, 11) is 0. The van der Waals surface area contributed by atoms with Crippen molar-refractivity contribution in [2.75, 3.05) is 11.4 Å². The van der Waals surface area contributed by atoms with Crippen molar-refractivity contribution in [3.8, 4) is 0 Å². The molecule has 1 aromatic carbocycles. The number of aromatic nitrogens is 2. The van der Waals surface area contributed by atoms with Gasteiger partial charge in [0.25, 0.3) is 5.91 Å². The van der Waals surface area contributed by atoms with Gasteiger partial charge < -0.3 is 15.3 Å². The molecule has 3 unspecified atom stereocenters. The first-order chi connectivity index (χ1) is 14.2. The molecule has 2 amide bonds. The van der Waals surface area contributed by atoms with Gasteiger partial charge in [0, 0.05) is 30.5 Å². The molecule has 1 aliphatic carbocycles. The molecule has 2 aliphatic rings. The summed E-state index contributed by atoms with van der Waals surface area (Å²) < 4.78 is 27.3. The second kappa shape index (κ2) is 7.39. The zero-order valence-corrected chi connectivity index (χ0v) is 16.4. The van der Waals surface area contributed by atoms with Gasteiger partial charge in [0.1, 0.15) is 23.7 Å². The van der Waals surface area contributed by atoms with E-state index >= 15 is 0 Å². The fourth-order valence-electron chi connectivity index (χ4n) is 4.85. The van der Waals surface area contributed by atoms with Crippen molar-refractivity contribution in [1.82, 2.24) is 15.3 Å². The molecule has 2 N–H and O–H groups in total. The highest BCUT2D eigenvalue weighted by Gasteiger charge is 2.55. The van der Waals surface area contributed by atoms with Crippen LogP contribution in [0, 0.1) is 17.0 Å². The van der Waals surface area contributed by atoms with E-state index in [1.165, 1.54) is 23.5 Å². The molecule has 158 valence electrons. The standard InChI is InChI=1S/C21H22F2N4O3/c1-20(30)9-15(26-18(28)17-2-4-24-12-25-17)10-21(11-20)3-5-27(19(21)29)16-7-13(22)6-14(23)8-16/h2,4,6-8,12,15,30H,3,5,9-11H2,1H3,(H,26,28). The van der Waals surface area contributed by atoms with E-state index in [1.54, 1.807) is 6.92 Å². The van der Waals surface area contributed by atoms with Crippen LogP contribution < -0.4 is 10.2 Å². The van der Waals surface area contributed by atoms with Crippen LogP contribution in [-0.4, -0.2) is 45.1 Å². The molecule has 1 saturated heterocycles. The third-order valence-corrected chi connectivity index (χ3v) is 5.86. The summed E-state index contributed by atoms with van der Waals surface area (Å²) >= 11 is 0. The SMILES string of the molecule is CC1(O)CC(NC(=O)c2ccncn2)CC2(CCN(c3cc(F)cc(F)c3)C2=O)C1. The van der Waals surface area contributed by atoms with Crippen molar-refractivity contribution < 1.29 is 23.5 Å². The molecule has 2 fully saturated rings. The smallest absolute Gasteiger partial charge is 0.270 e. The largest absolute Gasteiger partial charge is 0.390 e. The Kier molecular flexibility index (Phi) is 5.01. The number of rotatable bonds is 3. The van der Waals surface area contributed by atoms with E-state index in [4.69, 9.17) is 0 Å². The molecule has 3 atom stereocenters. The molecule has 7 nitrogen and oxygen atoms in total. The lowest BCUT2D eigenvalue weighted by Gasteiger charge is -2.44. The summed E-state index contributed by atoms with van der Waals surface area (Å²) in [6, 6.07) is 4.02. The van der Waals surface area contributed by atoms with E-state index in [0.717, 1.165) is 18.2 Å². The molecule has 1 saturated carbocycles. The van der Waals surface area contributed by atoms with Crippen LogP contribution in [0.3, 0.4) is 0 Å². The predicted octanol–water partition coefficient (Wildman–Crippen LogP) is 2.21. The van der Waals surface area contributed by atoms with E-state index < -0.39 is 34.6 Å². The van der Waals surface area contributed by atoms with Crippen LogP contribution in [0.25, 0.3) is 0 Å². The summed E-state index contributed by atoms with van der Waals surface area (Å²) in [6.07, 6.45) is 3.97. The van der Waals surface area contributed by atoms with Crippen molar-refractivity contribution >= 4 is 17.5 Å². The number of nitrogens with zero attached hydrogens (tertiary/aromatic N) is 3. The van der Waals surface area contributed by atoms with Crippen LogP contribution in [0.15, 0.2) is 36.8 Å². The van der Waals surface area contributed by atoms with Crippen molar-refractivity contribution in [1.29, 1.82) is 0 Å². The molecule has 9 heteroatoms. The van der Waals surface area contributed by atoms with Crippen molar-refractivity contribution in [2.24, 2.45) is 5.41 Å². The lowest BCUT2D eigenvalue weighted by molar-refractivity contribution is -0.134. The number of carbonyl (C=O) groups is 2. The quantitative estimate of drug-likeness (QED) is 0.800. The zero-order chi connectivity index (χ0) is 21.5. The Hall–Kier alpha value is -2.94. The van der Waals surface area contributed by atoms with E-state index in [9.17, 15) is 23.5 Å². The summed E-state index contributed by atoms with van der Waals surface area (Å²) in [6.45, 7) is 1.92. The van der Waals surface area contributed by atoms with Gasteiger partial charge in [-0.15, -0.1) is 0 Å². The highest BCUT2D eigenvalue weighted by molar-refractivity contribution is 6.00. The third kappa shape index (κ3) is 3.89. The molecule has 1 spiro atoms.